The molecule has 1 aliphatic rings. The first-order chi connectivity index (χ1) is 19.1. The van der Waals surface area contributed by atoms with E-state index < -0.39 is 40.9 Å². The van der Waals surface area contributed by atoms with Gasteiger partial charge in [-0.1, -0.05) is 45.4 Å². The van der Waals surface area contributed by atoms with Crippen molar-refractivity contribution in [1.82, 2.24) is 10.2 Å². The Morgan fingerprint density at radius 1 is 1.15 bits per heavy atom. The van der Waals surface area contributed by atoms with E-state index in [0.717, 1.165) is 31.4 Å². The molecule has 1 aliphatic carbocycles. The summed E-state index contributed by atoms with van der Waals surface area (Å²) in [6.07, 6.45) is -0.837. The molecule has 1 unspecified atom stereocenters. The second-order valence-electron chi connectivity index (χ2n) is 11.5. The molecule has 4 N–H and O–H groups in total. The van der Waals surface area contributed by atoms with Crippen LogP contribution in [0, 0.1) is 23.1 Å². The summed E-state index contributed by atoms with van der Waals surface area (Å²) in [4.78, 5) is 28.6. The first kappa shape index (κ1) is 34.5. The van der Waals surface area contributed by atoms with Crippen molar-refractivity contribution < 1.29 is 32.3 Å². The van der Waals surface area contributed by atoms with E-state index in [1.165, 1.54) is 0 Å². The molecule has 0 aromatic heterocycles. The number of hydrogen-bond acceptors (Lipinski definition) is 4. The molecular formula is C31H45F4N3O3. The van der Waals surface area contributed by atoms with Gasteiger partial charge in [0.15, 0.2) is 0 Å². The number of allylic oxidation sites excluding steroid dienone is 2. The highest BCUT2D eigenvalue weighted by Crippen LogP contribution is 2.45. The van der Waals surface area contributed by atoms with Gasteiger partial charge >= 0.3 is 6.18 Å². The SMILES string of the molecule is CCCN(CCC)C(=O)C1=CC(C)=CC(C(N)=O)([C@H](Cc2cc(F)cc(C(F)(F)F)c2)[C@@H](O)CNCCC(C)C)C1. The lowest BCUT2D eigenvalue weighted by Crippen LogP contribution is -2.52. The van der Waals surface area contributed by atoms with Gasteiger partial charge in [-0.25, -0.2) is 4.39 Å². The average molecular weight is 584 g/mol. The number of nitrogens with zero attached hydrogens (tertiary/aromatic N) is 1. The number of benzene rings is 1. The highest BCUT2D eigenvalue weighted by molar-refractivity contribution is 5.96. The van der Waals surface area contributed by atoms with Crippen LogP contribution in [0.4, 0.5) is 17.6 Å². The van der Waals surface area contributed by atoms with E-state index in [2.05, 4.69) is 5.32 Å². The minimum atomic E-state index is -4.78. The fourth-order valence-corrected chi connectivity index (χ4v) is 5.54. The molecule has 41 heavy (non-hydrogen) atoms. The van der Waals surface area contributed by atoms with Gasteiger partial charge in [-0.2, -0.15) is 13.2 Å². The van der Waals surface area contributed by atoms with E-state index in [-0.39, 0.29) is 30.9 Å². The fourth-order valence-electron chi connectivity index (χ4n) is 5.54. The first-order valence-corrected chi connectivity index (χ1v) is 14.4. The van der Waals surface area contributed by atoms with Gasteiger partial charge in [0.25, 0.3) is 0 Å². The summed E-state index contributed by atoms with van der Waals surface area (Å²) in [7, 11) is 0. The normalized spacial score (nSPS) is 19.0. The van der Waals surface area contributed by atoms with E-state index >= 15 is 0 Å². The van der Waals surface area contributed by atoms with E-state index in [1.807, 2.05) is 27.7 Å². The Morgan fingerprint density at radius 2 is 1.78 bits per heavy atom. The third-order valence-corrected chi connectivity index (χ3v) is 7.50. The van der Waals surface area contributed by atoms with Crippen LogP contribution in [0.25, 0.3) is 0 Å². The van der Waals surface area contributed by atoms with E-state index in [1.54, 1.807) is 24.0 Å². The minimum Gasteiger partial charge on any atom is -0.391 e. The summed E-state index contributed by atoms with van der Waals surface area (Å²) in [5.74, 6) is -2.79. The third-order valence-electron chi connectivity index (χ3n) is 7.50. The van der Waals surface area contributed by atoms with Crippen molar-refractivity contribution in [2.24, 2.45) is 23.0 Å². The molecule has 3 atom stereocenters. The largest absolute Gasteiger partial charge is 0.416 e. The molecule has 0 saturated heterocycles. The smallest absolute Gasteiger partial charge is 0.391 e. The Hall–Kier alpha value is -2.72. The minimum absolute atomic E-state index is 0.0312. The summed E-state index contributed by atoms with van der Waals surface area (Å²) in [5, 5.41) is 14.6. The van der Waals surface area contributed by atoms with Crippen LogP contribution < -0.4 is 11.1 Å². The highest BCUT2D eigenvalue weighted by atomic mass is 19.4. The van der Waals surface area contributed by atoms with Crippen molar-refractivity contribution in [3.63, 3.8) is 0 Å². The monoisotopic (exact) mass is 583 g/mol. The molecule has 2 rings (SSSR count). The van der Waals surface area contributed by atoms with Crippen LogP contribution in [0.1, 0.15) is 71.4 Å². The first-order valence-electron chi connectivity index (χ1n) is 14.4. The Balaban J connectivity index is 2.58. The third kappa shape index (κ3) is 9.39. The number of nitrogens with two attached hydrogens (primary N) is 1. The number of amides is 2. The molecule has 0 bridgehead atoms. The predicted octanol–water partition coefficient (Wildman–Crippen LogP) is 5.40. The lowest BCUT2D eigenvalue weighted by molar-refractivity contribution is -0.138. The van der Waals surface area contributed by atoms with E-state index in [4.69, 9.17) is 5.73 Å². The van der Waals surface area contributed by atoms with Crippen LogP contribution in [0.5, 0.6) is 0 Å². The van der Waals surface area contributed by atoms with Crippen LogP contribution in [0.2, 0.25) is 0 Å². The number of nitrogens with one attached hydrogen (secondary N) is 1. The van der Waals surface area contributed by atoms with Gasteiger partial charge in [0.1, 0.15) is 5.82 Å². The van der Waals surface area contributed by atoms with Crippen molar-refractivity contribution in [2.75, 3.05) is 26.2 Å². The predicted molar refractivity (Wildman–Crippen MR) is 152 cm³/mol. The molecule has 0 heterocycles. The summed E-state index contributed by atoms with van der Waals surface area (Å²) in [6.45, 7) is 11.4. The quantitative estimate of drug-likeness (QED) is 0.190. The van der Waals surface area contributed by atoms with Crippen LogP contribution in [-0.4, -0.2) is 54.1 Å². The number of alkyl halides is 3. The molecule has 0 saturated carbocycles. The number of carbonyl (C=O) groups excluding carboxylic acids is 2. The van der Waals surface area contributed by atoms with Crippen molar-refractivity contribution >= 4 is 11.8 Å². The van der Waals surface area contributed by atoms with Gasteiger partial charge in [-0.05, 0) is 75.3 Å². The second-order valence-corrected chi connectivity index (χ2v) is 11.5. The van der Waals surface area contributed by atoms with Crippen molar-refractivity contribution in [1.29, 1.82) is 0 Å². The molecule has 0 radical (unpaired) electrons. The van der Waals surface area contributed by atoms with Gasteiger partial charge < -0.3 is 21.1 Å². The molecule has 6 nitrogen and oxygen atoms in total. The molecule has 1 aromatic rings. The van der Waals surface area contributed by atoms with Crippen molar-refractivity contribution in [2.45, 2.75) is 79.0 Å². The van der Waals surface area contributed by atoms with Crippen LogP contribution >= 0.6 is 0 Å². The molecule has 0 aliphatic heterocycles. The van der Waals surface area contributed by atoms with E-state index in [0.29, 0.717) is 42.8 Å². The fraction of sp³-hybridized carbons (Fsp3) is 0.613. The molecule has 2 amide bonds. The molecule has 1 aromatic carbocycles. The Kier molecular flexibility index (Phi) is 12.6. The lowest BCUT2D eigenvalue weighted by atomic mass is 9.63. The lowest BCUT2D eigenvalue weighted by Gasteiger charge is -2.42. The van der Waals surface area contributed by atoms with Crippen LogP contribution in [0.15, 0.2) is 41.5 Å². The van der Waals surface area contributed by atoms with Crippen molar-refractivity contribution in [3.05, 3.63) is 58.4 Å². The molecular weight excluding hydrogens is 538 g/mol. The number of rotatable bonds is 15. The zero-order chi connectivity index (χ0) is 31.0. The Morgan fingerprint density at radius 3 is 2.32 bits per heavy atom. The number of hydrogen-bond donors (Lipinski definition) is 3. The summed E-state index contributed by atoms with van der Waals surface area (Å²) in [6, 6.07) is 2.21. The maximum atomic E-state index is 14.4. The maximum Gasteiger partial charge on any atom is 0.416 e. The van der Waals surface area contributed by atoms with Crippen molar-refractivity contribution in [3.8, 4) is 0 Å². The van der Waals surface area contributed by atoms with E-state index in [9.17, 15) is 32.3 Å². The zero-order valence-electron chi connectivity index (χ0n) is 24.8. The van der Waals surface area contributed by atoms with Gasteiger partial charge in [-0.3, -0.25) is 9.59 Å². The maximum absolute atomic E-state index is 14.4. The molecule has 0 spiro atoms. The standard InChI is InChI=1S/C31H45F4N3O3/c1-6-10-38(11-7-2)28(40)23-12-21(5)17-30(18-23,29(36)41)26(27(39)19-37-9-8-20(3)4)15-22-13-24(31(33,34)35)16-25(32)14-22/h12-14,16-17,20,26-27,37,39H,6-11,15,18-19H2,1-5H3,(H2,36,41)/t26-,27+,30?/m1/s1. The average Bonchev–Trinajstić information content (AvgIpc) is 2.87. The van der Waals surface area contributed by atoms with Gasteiger partial charge in [-0.15, -0.1) is 0 Å². The molecule has 10 heteroatoms. The summed E-state index contributed by atoms with van der Waals surface area (Å²) >= 11 is 0. The summed E-state index contributed by atoms with van der Waals surface area (Å²) < 4.78 is 54.9. The topological polar surface area (TPSA) is 95.7 Å². The number of carbonyl (C=O) groups is 2. The summed E-state index contributed by atoms with van der Waals surface area (Å²) in [5.41, 5.74) is 4.14. The second kappa shape index (κ2) is 15.0. The Bertz CT molecular complexity index is 1110. The number of aliphatic hydroxyl groups excluding tert-OH is 1. The van der Waals surface area contributed by atoms with Gasteiger partial charge in [0, 0.05) is 31.1 Å². The highest BCUT2D eigenvalue weighted by Gasteiger charge is 2.48. The zero-order valence-corrected chi connectivity index (χ0v) is 24.8. The number of aliphatic hydroxyl groups is 1. The molecule has 230 valence electrons. The van der Waals surface area contributed by atoms with Crippen LogP contribution in [0.3, 0.4) is 0 Å². The molecule has 0 fully saturated rings. The number of primary amides is 1. The van der Waals surface area contributed by atoms with Gasteiger partial charge in [0.2, 0.25) is 11.8 Å². The Labute approximate surface area is 241 Å². The number of halogens is 4. The van der Waals surface area contributed by atoms with Gasteiger partial charge in [0.05, 0.1) is 17.1 Å². The van der Waals surface area contributed by atoms with Crippen LogP contribution in [-0.2, 0) is 22.2 Å².